The number of carboxylic acid groups (broad SMARTS) is 1. The maximum absolute atomic E-state index is 10.5. The molecule has 1 aromatic rings. The maximum Gasteiger partial charge on any atom is 0.307 e. The summed E-state index contributed by atoms with van der Waals surface area (Å²) < 4.78 is 1.01. The third-order valence-electron chi connectivity index (χ3n) is 2.56. The third-order valence-corrected chi connectivity index (χ3v) is 3.25. The smallest absolute Gasteiger partial charge is 0.307 e. The summed E-state index contributed by atoms with van der Waals surface area (Å²) in [4.78, 5) is 10.5. The first kappa shape index (κ1) is 12.2. The zero-order valence-electron chi connectivity index (χ0n) is 8.96. The van der Waals surface area contributed by atoms with Gasteiger partial charge in [-0.05, 0) is 29.5 Å². The van der Waals surface area contributed by atoms with Gasteiger partial charge in [0.05, 0.1) is 6.42 Å². The van der Waals surface area contributed by atoms with Crippen molar-refractivity contribution in [3.05, 3.63) is 33.8 Å². The Hall–Kier alpha value is -0.830. The first-order valence-corrected chi connectivity index (χ1v) is 5.84. The lowest BCUT2D eigenvalue weighted by molar-refractivity contribution is -0.136. The van der Waals surface area contributed by atoms with E-state index < -0.39 is 5.97 Å². The Bertz CT molecular complexity index is 361. The van der Waals surface area contributed by atoms with Gasteiger partial charge >= 0.3 is 5.97 Å². The van der Waals surface area contributed by atoms with Crippen LogP contribution in [-0.4, -0.2) is 11.1 Å². The molecule has 2 nitrogen and oxygen atoms in total. The number of aliphatic carboxylic acids is 1. The molecule has 0 radical (unpaired) electrons. The molecule has 0 aliphatic carbocycles. The van der Waals surface area contributed by atoms with Crippen LogP contribution in [-0.2, 0) is 11.2 Å². The van der Waals surface area contributed by atoms with Gasteiger partial charge in [0.15, 0.2) is 0 Å². The van der Waals surface area contributed by atoms with E-state index in [9.17, 15) is 4.79 Å². The van der Waals surface area contributed by atoms with E-state index in [1.54, 1.807) is 0 Å². The molecule has 1 atom stereocenters. The summed E-state index contributed by atoms with van der Waals surface area (Å²) in [5, 5.41) is 8.67. The van der Waals surface area contributed by atoms with Crippen molar-refractivity contribution in [2.24, 2.45) is 0 Å². The highest BCUT2D eigenvalue weighted by atomic mass is 79.9. The van der Waals surface area contributed by atoms with E-state index in [0.717, 1.165) is 16.5 Å². The molecule has 0 saturated heterocycles. The van der Waals surface area contributed by atoms with E-state index in [1.165, 1.54) is 5.56 Å². The van der Waals surface area contributed by atoms with Gasteiger partial charge in [-0.15, -0.1) is 0 Å². The van der Waals surface area contributed by atoms with Crippen molar-refractivity contribution in [1.29, 1.82) is 0 Å². The van der Waals surface area contributed by atoms with Gasteiger partial charge in [0.25, 0.3) is 0 Å². The molecule has 1 unspecified atom stereocenters. The number of rotatable bonds is 4. The summed E-state index contributed by atoms with van der Waals surface area (Å²) in [5.74, 6) is -0.295. The number of carboxylic acids is 1. The standard InChI is InChI=1S/C12H15BrO2/c1-3-8(2)10-5-4-9(6-11(10)13)7-12(14)15/h4-6,8H,3,7H2,1-2H3,(H,14,15). The second kappa shape index (κ2) is 5.31. The lowest BCUT2D eigenvalue weighted by Crippen LogP contribution is -2.01. The van der Waals surface area contributed by atoms with Gasteiger partial charge in [0.1, 0.15) is 0 Å². The van der Waals surface area contributed by atoms with E-state index in [0.29, 0.717) is 5.92 Å². The Morgan fingerprint density at radius 3 is 2.67 bits per heavy atom. The van der Waals surface area contributed by atoms with Crippen LogP contribution in [0.15, 0.2) is 22.7 Å². The Balaban J connectivity index is 2.92. The quantitative estimate of drug-likeness (QED) is 0.908. The summed E-state index contributed by atoms with van der Waals surface area (Å²) >= 11 is 3.49. The lowest BCUT2D eigenvalue weighted by atomic mass is 9.97. The average molecular weight is 271 g/mol. The molecule has 0 saturated carbocycles. The molecule has 0 bridgehead atoms. The Kier molecular flexibility index (Phi) is 4.33. The van der Waals surface area contributed by atoms with Crippen LogP contribution in [0.1, 0.15) is 37.3 Å². The molecule has 0 spiro atoms. The number of benzene rings is 1. The molecule has 0 aliphatic rings. The van der Waals surface area contributed by atoms with Crippen LogP contribution < -0.4 is 0 Å². The van der Waals surface area contributed by atoms with Crippen LogP contribution >= 0.6 is 15.9 Å². The Labute approximate surface area is 98.4 Å². The summed E-state index contributed by atoms with van der Waals surface area (Å²) in [5.41, 5.74) is 2.08. The van der Waals surface area contributed by atoms with Crippen LogP contribution in [0, 0.1) is 0 Å². The third kappa shape index (κ3) is 3.34. The Morgan fingerprint density at radius 1 is 1.53 bits per heavy atom. The maximum atomic E-state index is 10.5. The van der Waals surface area contributed by atoms with Crippen molar-refractivity contribution >= 4 is 21.9 Å². The lowest BCUT2D eigenvalue weighted by Gasteiger charge is -2.12. The molecule has 15 heavy (non-hydrogen) atoms. The van der Waals surface area contributed by atoms with Crippen LogP contribution in [0.3, 0.4) is 0 Å². The molecule has 1 rings (SSSR count). The van der Waals surface area contributed by atoms with E-state index in [4.69, 9.17) is 5.11 Å². The Morgan fingerprint density at radius 2 is 2.20 bits per heavy atom. The van der Waals surface area contributed by atoms with Crippen molar-refractivity contribution in [1.82, 2.24) is 0 Å². The topological polar surface area (TPSA) is 37.3 Å². The molecule has 0 aromatic heterocycles. The van der Waals surface area contributed by atoms with Crippen LogP contribution in [0.25, 0.3) is 0 Å². The van der Waals surface area contributed by atoms with E-state index in [1.807, 2.05) is 18.2 Å². The second-order valence-electron chi connectivity index (χ2n) is 3.74. The van der Waals surface area contributed by atoms with Crippen molar-refractivity contribution in [2.45, 2.75) is 32.6 Å². The van der Waals surface area contributed by atoms with Gasteiger partial charge in [-0.1, -0.05) is 41.9 Å². The number of hydrogen-bond acceptors (Lipinski definition) is 1. The molecule has 3 heteroatoms. The van der Waals surface area contributed by atoms with Crippen LogP contribution in [0.4, 0.5) is 0 Å². The monoisotopic (exact) mass is 270 g/mol. The van der Waals surface area contributed by atoms with Gasteiger partial charge < -0.3 is 5.11 Å². The number of carbonyl (C=O) groups is 1. The predicted octanol–water partition coefficient (Wildman–Crippen LogP) is 3.59. The van der Waals surface area contributed by atoms with E-state index >= 15 is 0 Å². The van der Waals surface area contributed by atoms with Gasteiger partial charge in [0, 0.05) is 4.47 Å². The van der Waals surface area contributed by atoms with Crippen LogP contribution in [0.5, 0.6) is 0 Å². The van der Waals surface area contributed by atoms with Crippen molar-refractivity contribution < 1.29 is 9.90 Å². The normalized spacial score (nSPS) is 12.5. The summed E-state index contributed by atoms with van der Waals surface area (Å²) in [6.07, 6.45) is 1.16. The summed E-state index contributed by atoms with van der Waals surface area (Å²) in [6, 6.07) is 5.80. The fourth-order valence-corrected chi connectivity index (χ4v) is 2.29. The SMILES string of the molecule is CCC(C)c1ccc(CC(=O)O)cc1Br. The van der Waals surface area contributed by atoms with E-state index in [-0.39, 0.29) is 6.42 Å². The van der Waals surface area contributed by atoms with Gasteiger partial charge in [-0.25, -0.2) is 0 Å². The average Bonchev–Trinajstić information content (AvgIpc) is 2.16. The van der Waals surface area contributed by atoms with Crippen LogP contribution in [0.2, 0.25) is 0 Å². The number of halogens is 1. The highest BCUT2D eigenvalue weighted by molar-refractivity contribution is 9.10. The molecule has 0 aliphatic heterocycles. The molecular weight excluding hydrogens is 256 g/mol. The largest absolute Gasteiger partial charge is 0.481 e. The zero-order valence-corrected chi connectivity index (χ0v) is 10.5. The predicted molar refractivity (Wildman–Crippen MR) is 64.2 cm³/mol. The molecule has 1 N–H and O–H groups in total. The minimum atomic E-state index is -0.793. The first-order chi connectivity index (χ1) is 7.04. The van der Waals surface area contributed by atoms with Crippen molar-refractivity contribution in [2.75, 3.05) is 0 Å². The first-order valence-electron chi connectivity index (χ1n) is 5.04. The fraction of sp³-hybridized carbons (Fsp3) is 0.417. The van der Waals surface area contributed by atoms with Gasteiger partial charge in [-0.2, -0.15) is 0 Å². The molecule has 0 heterocycles. The molecule has 1 aromatic carbocycles. The molecule has 82 valence electrons. The zero-order chi connectivity index (χ0) is 11.4. The molecular formula is C12H15BrO2. The number of hydrogen-bond donors (Lipinski definition) is 1. The summed E-state index contributed by atoms with van der Waals surface area (Å²) in [7, 11) is 0. The van der Waals surface area contributed by atoms with Gasteiger partial charge in [0.2, 0.25) is 0 Å². The minimum absolute atomic E-state index is 0.0827. The fourth-order valence-electron chi connectivity index (χ4n) is 1.47. The minimum Gasteiger partial charge on any atom is -0.481 e. The van der Waals surface area contributed by atoms with Crippen molar-refractivity contribution in [3.8, 4) is 0 Å². The highest BCUT2D eigenvalue weighted by Crippen LogP contribution is 2.27. The second-order valence-corrected chi connectivity index (χ2v) is 4.59. The molecule has 0 amide bonds. The summed E-state index contributed by atoms with van der Waals surface area (Å²) in [6.45, 7) is 4.30. The van der Waals surface area contributed by atoms with Gasteiger partial charge in [-0.3, -0.25) is 4.79 Å². The molecule has 0 fully saturated rings. The van der Waals surface area contributed by atoms with Crippen molar-refractivity contribution in [3.63, 3.8) is 0 Å². The van der Waals surface area contributed by atoms with E-state index in [2.05, 4.69) is 29.8 Å². The highest BCUT2D eigenvalue weighted by Gasteiger charge is 2.09.